The molecule has 0 atom stereocenters. The van der Waals surface area contributed by atoms with E-state index in [1.54, 1.807) is 4.90 Å². The molecule has 0 spiro atoms. The fraction of sp³-hybridized carbons (Fsp3) is 0.571. The van der Waals surface area contributed by atoms with Crippen molar-refractivity contribution in [2.24, 2.45) is 0 Å². The van der Waals surface area contributed by atoms with Crippen molar-refractivity contribution < 1.29 is 9.90 Å². The number of rotatable bonds is 2. The third kappa shape index (κ3) is 1.57. The number of aliphatic hydroxyl groups is 1. The molecule has 1 rings (SSSR count). The summed E-state index contributed by atoms with van der Waals surface area (Å²) in [5, 5.41) is 8.67. The van der Waals surface area contributed by atoms with Gasteiger partial charge in [-0.15, -0.1) is 0 Å². The lowest BCUT2D eigenvalue weighted by Gasteiger charge is -2.20. The van der Waals surface area contributed by atoms with Gasteiger partial charge >= 0.3 is 0 Å². The monoisotopic (exact) mass is 141 g/mol. The fourth-order valence-electron chi connectivity index (χ4n) is 0.966. The van der Waals surface area contributed by atoms with E-state index in [2.05, 4.69) is 0 Å². The van der Waals surface area contributed by atoms with Crippen LogP contribution in [0.1, 0.15) is 6.42 Å². The molecule has 0 aromatic carbocycles. The molecular formula is C7H11NO2. The Hall–Kier alpha value is -0.830. The van der Waals surface area contributed by atoms with Gasteiger partial charge in [0, 0.05) is 13.1 Å². The molecule has 1 N–H and O–H groups in total. The van der Waals surface area contributed by atoms with Crippen molar-refractivity contribution in [3.63, 3.8) is 0 Å². The Morgan fingerprint density at radius 2 is 2.60 bits per heavy atom. The molecule has 0 fully saturated rings. The van der Waals surface area contributed by atoms with Crippen molar-refractivity contribution in [1.29, 1.82) is 0 Å². The maximum Gasteiger partial charge on any atom is 0.209 e. The molecule has 1 aliphatic heterocycles. The molecule has 0 aliphatic carbocycles. The lowest BCUT2D eigenvalue weighted by atomic mass is 10.1. The Bertz CT molecular complexity index is 154. The maximum atomic E-state index is 10.2. The van der Waals surface area contributed by atoms with E-state index in [1.807, 2.05) is 6.08 Å². The summed E-state index contributed by atoms with van der Waals surface area (Å²) in [7, 11) is 0. The molecule has 0 bridgehead atoms. The minimum absolute atomic E-state index is 0.132. The second-order valence-corrected chi connectivity index (χ2v) is 2.37. The third-order valence-electron chi connectivity index (χ3n) is 1.69. The van der Waals surface area contributed by atoms with E-state index < -0.39 is 0 Å². The first-order valence-corrected chi connectivity index (χ1v) is 3.35. The lowest BCUT2D eigenvalue weighted by Crippen LogP contribution is -2.27. The first kappa shape index (κ1) is 7.28. The first-order valence-electron chi connectivity index (χ1n) is 3.35. The lowest BCUT2D eigenvalue weighted by molar-refractivity contribution is -0.117. The van der Waals surface area contributed by atoms with Gasteiger partial charge in [-0.25, -0.2) is 0 Å². The normalized spacial score (nSPS) is 18.5. The highest BCUT2D eigenvalue weighted by Crippen LogP contribution is 2.07. The molecule has 1 amide bonds. The Kier molecular flexibility index (Phi) is 2.45. The van der Waals surface area contributed by atoms with Crippen molar-refractivity contribution in [2.45, 2.75) is 6.42 Å². The number of carbonyl (C=O) groups excluding carboxylic acids is 1. The Morgan fingerprint density at radius 3 is 3.00 bits per heavy atom. The smallest absolute Gasteiger partial charge is 0.209 e. The van der Waals surface area contributed by atoms with Crippen LogP contribution in [-0.4, -0.2) is 36.1 Å². The molecule has 0 unspecified atom stereocenters. The highest BCUT2D eigenvalue weighted by atomic mass is 16.3. The van der Waals surface area contributed by atoms with Gasteiger partial charge in [0.2, 0.25) is 6.41 Å². The highest BCUT2D eigenvalue weighted by molar-refractivity contribution is 5.48. The molecule has 0 aromatic rings. The van der Waals surface area contributed by atoms with Gasteiger partial charge in [0.1, 0.15) is 0 Å². The van der Waals surface area contributed by atoms with Crippen LogP contribution in [0, 0.1) is 0 Å². The zero-order chi connectivity index (χ0) is 7.40. The van der Waals surface area contributed by atoms with Gasteiger partial charge in [-0.3, -0.25) is 4.79 Å². The van der Waals surface area contributed by atoms with Crippen LogP contribution in [0.25, 0.3) is 0 Å². The van der Waals surface area contributed by atoms with Gasteiger partial charge in [0.15, 0.2) is 0 Å². The Balaban J connectivity index is 2.43. The standard InChI is InChI=1S/C7H11NO2/c9-5-7-1-3-8(6-10)4-2-7/h1,6,9H,2-5H2. The summed E-state index contributed by atoms with van der Waals surface area (Å²) in [6, 6.07) is 0. The molecule has 3 heteroatoms. The number of carbonyl (C=O) groups is 1. The molecule has 10 heavy (non-hydrogen) atoms. The van der Waals surface area contributed by atoms with Crippen LogP contribution >= 0.6 is 0 Å². The zero-order valence-electron chi connectivity index (χ0n) is 5.79. The molecule has 0 saturated carbocycles. The van der Waals surface area contributed by atoms with Gasteiger partial charge in [0.25, 0.3) is 0 Å². The van der Waals surface area contributed by atoms with Gasteiger partial charge in [-0.05, 0) is 12.0 Å². The minimum Gasteiger partial charge on any atom is -0.392 e. The van der Waals surface area contributed by atoms with E-state index in [0.29, 0.717) is 6.54 Å². The second kappa shape index (κ2) is 3.37. The van der Waals surface area contributed by atoms with Crippen LogP contribution in [-0.2, 0) is 4.79 Å². The van der Waals surface area contributed by atoms with Crippen molar-refractivity contribution in [3.8, 4) is 0 Å². The average molecular weight is 141 g/mol. The highest BCUT2D eigenvalue weighted by Gasteiger charge is 2.07. The third-order valence-corrected chi connectivity index (χ3v) is 1.69. The number of amides is 1. The van der Waals surface area contributed by atoms with Crippen molar-refractivity contribution in [1.82, 2.24) is 4.90 Å². The summed E-state index contributed by atoms with van der Waals surface area (Å²) in [5.74, 6) is 0. The van der Waals surface area contributed by atoms with Gasteiger partial charge in [0.05, 0.1) is 6.61 Å². The zero-order valence-corrected chi connectivity index (χ0v) is 5.79. The largest absolute Gasteiger partial charge is 0.392 e. The van der Waals surface area contributed by atoms with E-state index in [-0.39, 0.29) is 6.61 Å². The van der Waals surface area contributed by atoms with Gasteiger partial charge in [-0.2, -0.15) is 0 Å². The quantitative estimate of drug-likeness (QED) is 0.426. The SMILES string of the molecule is O=CN1CC=C(CO)CC1. The van der Waals surface area contributed by atoms with Crippen molar-refractivity contribution in [2.75, 3.05) is 19.7 Å². The molecule has 0 radical (unpaired) electrons. The molecule has 0 aromatic heterocycles. The van der Waals surface area contributed by atoms with Gasteiger partial charge in [-0.1, -0.05) is 6.08 Å². The predicted octanol–water partition coefficient (Wildman–Crippen LogP) is -0.233. The van der Waals surface area contributed by atoms with E-state index in [0.717, 1.165) is 24.9 Å². The number of aliphatic hydroxyl groups excluding tert-OH is 1. The Labute approximate surface area is 59.9 Å². The summed E-state index contributed by atoms with van der Waals surface area (Å²) in [5.41, 5.74) is 1.04. The Morgan fingerprint density at radius 1 is 1.80 bits per heavy atom. The predicted molar refractivity (Wildman–Crippen MR) is 37.4 cm³/mol. The van der Waals surface area contributed by atoms with Crippen LogP contribution < -0.4 is 0 Å². The molecule has 56 valence electrons. The van der Waals surface area contributed by atoms with Crippen molar-refractivity contribution in [3.05, 3.63) is 11.6 Å². The molecule has 3 nitrogen and oxygen atoms in total. The fourth-order valence-corrected chi connectivity index (χ4v) is 0.966. The second-order valence-electron chi connectivity index (χ2n) is 2.37. The summed E-state index contributed by atoms with van der Waals surface area (Å²) in [6.45, 7) is 1.53. The average Bonchev–Trinajstić information content (AvgIpc) is 2.05. The summed E-state index contributed by atoms with van der Waals surface area (Å²) in [6.07, 6.45) is 3.55. The number of hydrogen-bond acceptors (Lipinski definition) is 2. The number of nitrogens with zero attached hydrogens (tertiary/aromatic N) is 1. The molecule has 1 heterocycles. The van der Waals surface area contributed by atoms with Crippen LogP contribution in [0.4, 0.5) is 0 Å². The van der Waals surface area contributed by atoms with Crippen molar-refractivity contribution >= 4 is 6.41 Å². The molecule has 1 aliphatic rings. The summed E-state index contributed by atoms with van der Waals surface area (Å²) in [4.78, 5) is 11.9. The van der Waals surface area contributed by atoms with Crippen LogP contribution in [0.5, 0.6) is 0 Å². The minimum atomic E-state index is 0.132. The number of hydrogen-bond donors (Lipinski definition) is 1. The summed E-state index contributed by atoms with van der Waals surface area (Å²) < 4.78 is 0. The first-order chi connectivity index (χ1) is 4.86. The molecular weight excluding hydrogens is 130 g/mol. The van der Waals surface area contributed by atoms with Crippen LogP contribution in [0.2, 0.25) is 0 Å². The van der Waals surface area contributed by atoms with E-state index in [1.165, 1.54) is 0 Å². The van der Waals surface area contributed by atoms with Crippen LogP contribution in [0.15, 0.2) is 11.6 Å². The maximum absolute atomic E-state index is 10.2. The van der Waals surface area contributed by atoms with Gasteiger partial charge < -0.3 is 10.0 Å². The van der Waals surface area contributed by atoms with Crippen LogP contribution in [0.3, 0.4) is 0 Å². The molecule has 0 saturated heterocycles. The van der Waals surface area contributed by atoms with E-state index in [4.69, 9.17) is 5.11 Å². The summed E-state index contributed by atoms with van der Waals surface area (Å²) >= 11 is 0. The van der Waals surface area contributed by atoms with E-state index >= 15 is 0 Å². The van der Waals surface area contributed by atoms with E-state index in [9.17, 15) is 4.79 Å². The topological polar surface area (TPSA) is 40.5 Å².